The SMILES string of the molecule is CC(=CS(=O)(=O)[O-])c1ccccc1.CC(=CS(=O)(=O)[O-])c1ccccc1.[Mg+2]. The van der Waals surface area contributed by atoms with Crippen LogP contribution in [0.25, 0.3) is 11.1 Å². The van der Waals surface area contributed by atoms with Crippen molar-refractivity contribution in [2.75, 3.05) is 0 Å². The first kappa shape index (κ1) is 25.5. The normalized spacial score (nSPS) is 12.4. The van der Waals surface area contributed by atoms with Crippen LogP contribution in [0.5, 0.6) is 0 Å². The molecule has 0 aromatic heterocycles. The van der Waals surface area contributed by atoms with Crippen molar-refractivity contribution in [3.8, 4) is 0 Å². The molecule has 0 bridgehead atoms. The molecule has 0 atom stereocenters. The van der Waals surface area contributed by atoms with Crippen molar-refractivity contribution in [1.82, 2.24) is 0 Å². The van der Waals surface area contributed by atoms with Gasteiger partial charge in [0.2, 0.25) is 0 Å². The number of hydrogen-bond donors (Lipinski definition) is 0. The Morgan fingerprint density at radius 3 is 1.15 bits per heavy atom. The Hall–Kier alpha value is -1.49. The monoisotopic (exact) mass is 418 g/mol. The maximum Gasteiger partial charge on any atom is 2.00 e. The van der Waals surface area contributed by atoms with E-state index in [1.807, 2.05) is 12.1 Å². The Balaban J connectivity index is 0.000000483. The molecule has 2 aromatic rings. The summed E-state index contributed by atoms with van der Waals surface area (Å²) in [7, 11) is -8.57. The molecule has 0 unspecified atom stereocenters. The summed E-state index contributed by atoms with van der Waals surface area (Å²) >= 11 is 0. The van der Waals surface area contributed by atoms with Crippen LogP contribution in [0.2, 0.25) is 0 Å². The van der Waals surface area contributed by atoms with Gasteiger partial charge in [-0.3, -0.25) is 0 Å². The van der Waals surface area contributed by atoms with Gasteiger partial charge in [0.1, 0.15) is 20.2 Å². The van der Waals surface area contributed by atoms with Crippen molar-refractivity contribution in [2.24, 2.45) is 0 Å². The largest absolute Gasteiger partial charge is 2.00 e. The number of rotatable bonds is 4. The third-order valence-corrected chi connectivity index (χ3v) is 4.38. The van der Waals surface area contributed by atoms with Crippen LogP contribution in [-0.4, -0.2) is 49.0 Å². The summed E-state index contributed by atoms with van der Waals surface area (Å²) in [5.74, 6) is 0. The third-order valence-electron chi connectivity index (χ3n) is 3.10. The van der Waals surface area contributed by atoms with Gasteiger partial charge in [0.25, 0.3) is 0 Å². The fraction of sp³-hybridized carbons (Fsp3) is 0.111. The molecule has 9 heteroatoms. The van der Waals surface area contributed by atoms with E-state index in [2.05, 4.69) is 0 Å². The molecule has 2 aromatic carbocycles. The second-order valence-corrected chi connectivity index (χ2v) is 7.76. The first-order valence-electron chi connectivity index (χ1n) is 7.37. The van der Waals surface area contributed by atoms with Crippen LogP contribution in [0.1, 0.15) is 25.0 Å². The van der Waals surface area contributed by atoms with Crippen LogP contribution < -0.4 is 0 Å². The van der Waals surface area contributed by atoms with Crippen molar-refractivity contribution in [3.63, 3.8) is 0 Å². The smallest absolute Gasteiger partial charge is 0.744 e. The van der Waals surface area contributed by atoms with E-state index in [4.69, 9.17) is 0 Å². The third kappa shape index (κ3) is 11.7. The maximum atomic E-state index is 10.4. The summed E-state index contributed by atoms with van der Waals surface area (Å²) in [6, 6.07) is 17.8. The average Bonchev–Trinajstić information content (AvgIpc) is 2.54. The number of benzene rings is 2. The molecule has 0 aliphatic carbocycles. The van der Waals surface area contributed by atoms with Crippen molar-refractivity contribution < 1.29 is 25.9 Å². The Morgan fingerprint density at radius 2 is 0.926 bits per heavy atom. The summed E-state index contributed by atoms with van der Waals surface area (Å²) in [4.78, 5) is 0. The molecule has 0 N–H and O–H groups in total. The molecule has 27 heavy (non-hydrogen) atoms. The minimum atomic E-state index is -4.28. The zero-order valence-electron chi connectivity index (χ0n) is 14.9. The van der Waals surface area contributed by atoms with Gasteiger partial charge in [-0.2, -0.15) is 0 Å². The zero-order chi connectivity index (χ0) is 19.8. The Morgan fingerprint density at radius 1 is 0.667 bits per heavy atom. The Kier molecular flexibility index (Phi) is 10.7. The van der Waals surface area contributed by atoms with Gasteiger partial charge in [-0.25, -0.2) is 16.8 Å². The van der Waals surface area contributed by atoms with Crippen molar-refractivity contribution >= 4 is 54.4 Å². The van der Waals surface area contributed by atoms with Crippen LogP contribution >= 0.6 is 0 Å². The van der Waals surface area contributed by atoms with E-state index in [1.54, 1.807) is 62.4 Å². The molecular formula is C18H18MgO6S2. The molecule has 0 fully saturated rings. The van der Waals surface area contributed by atoms with E-state index < -0.39 is 20.2 Å². The maximum absolute atomic E-state index is 10.4. The molecular weight excluding hydrogens is 401 g/mol. The fourth-order valence-electron chi connectivity index (χ4n) is 1.97. The van der Waals surface area contributed by atoms with Gasteiger partial charge in [-0.05, 0) is 36.1 Å². The van der Waals surface area contributed by atoms with Crippen molar-refractivity contribution in [1.29, 1.82) is 0 Å². The molecule has 0 saturated carbocycles. The molecule has 0 aliphatic heterocycles. The van der Waals surface area contributed by atoms with Crippen molar-refractivity contribution in [2.45, 2.75) is 13.8 Å². The van der Waals surface area contributed by atoms with E-state index in [-0.39, 0.29) is 23.1 Å². The van der Waals surface area contributed by atoms with Gasteiger partial charge in [0.15, 0.2) is 0 Å². The summed E-state index contributed by atoms with van der Waals surface area (Å²) < 4.78 is 62.3. The molecule has 6 nitrogen and oxygen atoms in total. The molecule has 2 rings (SSSR count). The van der Waals surface area contributed by atoms with E-state index in [0.717, 1.165) is 21.9 Å². The summed E-state index contributed by atoms with van der Waals surface area (Å²) in [6.07, 6.45) is 0. The molecule has 140 valence electrons. The predicted octanol–water partition coefficient (Wildman–Crippen LogP) is 2.80. The predicted molar refractivity (Wildman–Crippen MR) is 105 cm³/mol. The van der Waals surface area contributed by atoms with Crippen LogP contribution in [0, 0.1) is 0 Å². The minimum absolute atomic E-state index is 0. The quantitative estimate of drug-likeness (QED) is 0.557. The van der Waals surface area contributed by atoms with Gasteiger partial charge in [-0.15, -0.1) is 0 Å². The molecule has 0 spiro atoms. The second kappa shape index (κ2) is 11.4. The van der Waals surface area contributed by atoms with Crippen LogP contribution in [0.15, 0.2) is 71.5 Å². The first-order valence-corrected chi connectivity index (χ1v) is 10.3. The van der Waals surface area contributed by atoms with E-state index >= 15 is 0 Å². The summed E-state index contributed by atoms with van der Waals surface area (Å²) in [5.41, 5.74) is 2.38. The Labute approximate surface area is 176 Å². The summed E-state index contributed by atoms with van der Waals surface area (Å²) in [5, 5.41) is 1.45. The van der Waals surface area contributed by atoms with Crippen molar-refractivity contribution in [3.05, 3.63) is 82.6 Å². The Bertz CT molecular complexity index is 897. The van der Waals surface area contributed by atoms with E-state index in [1.165, 1.54) is 0 Å². The number of hydrogen-bond acceptors (Lipinski definition) is 6. The topological polar surface area (TPSA) is 114 Å². The van der Waals surface area contributed by atoms with E-state index in [9.17, 15) is 25.9 Å². The molecule has 0 saturated heterocycles. The molecule has 0 aliphatic rings. The van der Waals surface area contributed by atoms with Gasteiger partial charge in [0.05, 0.1) is 0 Å². The molecule has 0 amide bonds. The molecule has 0 radical (unpaired) electrons. The van der Waals surface area contributed by atoms with Gasteiger partial charge in [0, 0.05) is 10.8 Å². The molecule has 0 heterocycles. The zero-order valence-corrected chi connectivity index (χ0v) is 17.9. The van der Waals surface area contributed by atoms with Gasteiger partial charge >= 0.3 is 23.1 Å². The summed E-state index contributed by atoms with van der Waals surface area (Å²) in [6.45, 7) is 3.18. The standard InChI is InChI=1S/2C9H10O3S.Mg/c2*1-8(7-13(10,11)12)9-5-3-2-4-6-9;/h2*2-7H,1H3,(H,10,11,12);/q;;+2/p-2. The van der Waals surface area contributed by atoms with Crippen LogP contribution in [-0.2, 0) is 20.2 Å². The average molecular weight is 419 g/mol. The second-order valence-electron chi connectivity index (χ2n) is 5.32. The van der Waals surface area contributed by atoms with Crippen LogP contribution in [0.4, 0.5) is 0 Å². The van der Waals surface area contributed by atoms with Gasteiger partial charge < -0.3 is 9.11 Å². The van der Waals surface area contributed by atoms with Gasteiger partial charge in [-0.1, -0.05) is 60.7 Å². The minimum Gasteiger partial charge on any atom is -0.744 e. The van der Waals surface area contributed by atoms with Crippen LogP contribution in [0.3, 0.4) is 0 Å². The fourth-order valence-corrected chi connectivity index (χ4v) is 3.11. The van der Waals surface area contributed by atoms with E-state index in [0.29, 0.717) is 11.1 Å². The first-order chi connectivity index (χ1) is 12.0. The number of allylic oxidation sites excluding steroid dienone is 2.